The first-order valence-corrected chi connectivity index (χ1v) is 6.53. The van der Waals surface area contributed by atoms with E-state index >= 15 is 0 Å². The van der Waals surface area contributed by atoms with Crippen LogP contribution in [-0.2, 0) is 13.0 Å². The van der Waals surface area contributed by atoms with Gasteiger partial charge in [0.25, 0.3) is 0 Å². The van der Waals surface area contributed by atoms with E-state index in [1.807, 2.05) is 29.1 Å². The molecule has 0 radical (unpaired) electrons. The summed E-state index contributed by atoms with van der Waals surface area (Å²) in [5, 5.41) is 4.36. The maximum atomic E-state index is 5.49. The Morgan fingerprint density at radius 3 is 2.88 bits per heavy atom. The molecule has 2 aromatic rings. The molecule has 0 aliphatic heterocycles. The summed E-state index contributed by atoms with van der Waals surface area (Å²) in [5.74, 6) is 0. The van der Waals surface area contributed by atoms with Crippen molar-refractivity contribution in [1.82, 2.24) is 9.78 Å². The molecular weight excluding hydrogens is 278 g/mol. The molecule has 0 unspecified atom stereocenters. The maximum absolute atomic E-state index is 5.49. The molecule has 17 heavy (non-hydrogen) atoms. The number of rotatable bonds is 5. The third-order valence-corrected chi connectivity index (χ3v) is 3.42. The lowest BCUT2D eigenvalue weighted by molar-refractivity contribution is 0.683. The lowest BCUT2D eigenvalue weighted by Gasteiger charge is -2.03. The van der Waals surface area contributed by atoms with Gasteiger partial charge in [0.15, 0.2) is 0 Å². The minimum atomic E-state index is 0.732. The Bertz CT molecular complexity index is 479. The van der Waals surface area contributed by atoms with E-state index in [2.05, 4.69) is 33.3 Å². The number of nitrogens with two attached hydrogens (primary N) is 1. The zero-order chi connectivity index (χ0) is 12.1. The van der Waals surface area contributed by atoms with Crippen molar-refractivity contribution in [3.8, 4) is 0 Å². The highest BCUT2D eigenvalue weighted by Crippen LogP contribution is 2.17. The molecule has 4 heteroatoms. The molecule has 2 rings (SSSR count). The van der Waals surface area contributed by atoms with Crippen LogP contribution in [0.25, 0.3) is 0 Å². The van der Waals surface area contributed by atoms with Crippen LogP contribution in [-0.4, -0.2) is 16.3 Å². The summed E-state index contributed by atoms with van der Waals surface area (Å²) >= 11 is 3.54. The Hall–Kier alpha value is -1.13. The average molecular weight is 294 g/mol. The molecule has 0 aliphatic carbocycles. The van der Waals surface area contributed by atoms with Crippen molar-refractivity contribution in [2.45, 2.75) is 19.4 Å². The van der Waals surface area contributed by atoms with Gasteiger partial charge in [-0.05, 0) is 36.6 Å². The highest BCUT2D eigenvalue weighted by molar-refractivity contribution is 9.10. The maximum Gasteiger partial charge on any atom is 0.0670 e. The lowest BCUT2D eigenvalue weighted by atomic mass is 10.2. The van der Waals surface area contributed by atoms with E-state index in [1.54, 1.807) is 0 Å². The van der Waals surface area contributed by atoms with Crippen LogP contribution in [0, 0.1) is 0 Å². The minimum absolute atomic E-state index is 0.732. The second kappa shape index (κ2) is 5.98. The van der Waals surface area contributed by atoms with Gasteiger partial charge in [0.2, 0.25) is 0 Å². The average Bonchev–Trinajstić information content (AvgIpc) is 2.77. The number of hydrogen-bond acceptors (Lipinski definition) is 2. The SMILES string of the molecule is NCCCc1cnn(Cc2ccccc2Br)c1. The summed E-state index contributed by atoms with van der Waals surface area (Å²) in [7, 11) is 0. The van der Waals surface area contributed by atoms with E-state index in [4.69, 9.17) is 5.73 Å². The van der Waals surface area contributed by atoms with Gasteiger partial charge < -0.3 is 5.73 Å². The second-order valence-electron chi connectivity index (χ2n) is 4.03. The van der Waals surface area contributed by atoms with Crippen LogP contribution in [0.5, 0.6) is 0 Å². The number of hydrogen-bond donors (Lipinski definition) is 1. The van der Waals surface area contributed by atoms with Crippen molar-refractivity contribution in [3.05, 3.63) is 52.3 Å². The highest BCUT2D eigenvalue weighted by atomic mass is 79.9. The quantitative estimate of drug-likeness (QED) is 0.921. The summed E-state index contributed by atoms with van der Waals surface area (Å²) in [6.45, 7) is 1.53. The van der Waals surface area contributed by atoms with Gasteiger partial charge >= 0.3 is 0 Å². The second-order valence-corrected chi connectivity index (χ2v) is 4.88. The molecule has 0 fully saturated rings. The van der Waals surface area contributed by atoms with Gasteiger partial charge in [-0.15, -0.1) is 0 Å². The number of aromatic nitrogens is 2. The van der Waals surface area contributed by atoms with Crippen molar-refractivity contribution < 1.29 is 0 Å². The van der Waals surface area contributed by atoms with Gasteiger partial charge in [0.1, 0.15) is 0 Å². The lowest BCUT2D eigenvalue weighted by Crippen LogP contribution is -2.01. The first kappa shape index (κ1) is 12.3. The summed E-state index contributed by atoms with van der Waals surface area (Å²) < 4.78 is 3.09. The molecule has 90 valence electrons. The number of nitrogens with zero attached hydrogens (tertiary/aromatic N) is 2. The van der Waals surface area contributed by atoms with Crippen molar-refractivity contribution >= 4 is 15.9 Å². The molecule has 0 bridgehead atoms. The molecule has 0 amide bonds. The first-order chi connectivity index (χ1) is 8.29. The monoisotopic (exact) mass is 293 g/mol. The van der Waals surface area contributed by atoms with Gasteiger partial charge in [-0.3, -0.25) is 4.68 Å². The molecule has 3 nitrogen and oxygen atoms in total. The van der Waals surface area contributed by atoms with Crippen molar-refractivity contribution in [3.63, 3.8) is 0 Å². The first-order valence-electron chi connectivity index (χ1n) is 5.74. The summed E-state index contributed by atoms with van der Waals surface area (Å²) in [4.78, 5) is 0. The zero-order valence-corrected chi connectivity index (χ0v) is 11.2. The fourth-order valence-electron chi connectivity index (χ4n) is 1.73. The van der Waals surface area contributed by atoms with Crippen molar-refractivity contribution in [2.24, 2.45) is 5.73 Å². The standard InChI is InChI=1S/C13H16BrN3/c14-13-6-2-1-5-12(13)10-17-9-11(8-16-17)4-3-7-15/h1-2,5-6,8-9H,3-4,7,10,15H2. The smallest absolute Gasteiger partial charge is 0.0670 e. The fraction of sp³-hybridized carbons (Fsp3) is 0.308. The van der Waals surface area contributed by atoms with Gasteiger partial charge in [-0.1, -0.05) is 34.1 Å². The molecule has 0 atom stereocenters. The molecule has 1 aromatic heterocycles. The van der Waals surface area contributed by atoms with Gasteiger partial charge in [0, 0.05) is 10.7 Å². The van der Waals surface area contributed by atoms with E-state index < -0.39 is 0 Å². The predicted octanol–water partition coefficient (Wildman–Crippen LogP) is 2.59. The molecule has 0 saturated carbocycles. The van der Waals surface area contributed by atoms with Gasteiger partial charge in [-0.2, -0.15) is 5.10 Å². The summed E-state index contributed by atoms with van der Waals surface area (Å²) in [6, 6.07) is 8.21. The topological polar surface area (TPSA) is 43.8 Å². The van der Waals surface area contributed by atoms with Crippen LogP contribution in [0.1, 0.15) is 17.5 Å². The van der Waals surface area contributed by atoms with E-state index in [0.717, 1.165) is 30.4 Å². The van der Waals surface area contributed by atoms with Crippen LogP contribution in [0.15, 0.2) is 41.1 Å². The van der Waals surface area contributed by atoms with Crippen molar-refractivity contribution in [1.29, 1.82) is 0 Å². The van der Waals surface area contributed by atoms with Crippen LogP contribution in [0.3, 0.4) is 0 Å². The molecule has 1 heterocycles. The van der Waals surface area contributed by atoms with Gasteiger partial charge in [-0.25, -0.2) is 0 Å². The molecular formula is C13H16BrN3. The van der Waals surface area contributed by atoms with Crippen LogP contribution < -0.4 is 5.73 Å². The van der Waals surface area contributed by atoms with Crippen LogP contribution >= 0.6 is 15.9 Å². The van der Waals surface area contributed by atoms with E-state index in [1.165, 1.54) is 11.1 Å². The molecule has 0 saturated heterocycles. The fourth-order valence-corrected chi connectivity index (χ4v) is 2.14. The molecule has 0 aliphatic rings. The van der Waals surface area contributed by atoms with Crippen LogP contribution in [0.2, 0.25) is 0 Å². The Balaban J connectivity index is 2.04. The third-order valence-electron chi connectivity index (χ3n) is 2.65. The van der Waals surface area contributed by atoms with Crippen molar-refractivity contribution in [2.75, 3.05) is 6.54 Å². The Kier molecular flexibility index (Phi) is 4.34. The minimum Gasteiger partial charge on any atom is -0.330 e. The largest absolute Gasteiger partial charge is 0.330 e. The Morgan fingerprint density at radius 2 is 2.12 bits per heavy atom. The highest BCUT2D eigenvalue weighted by Gasteiger charge is 2.02. The molecule has 1 aromatic carbocycles. The number of aryl methyl sites for hydroxylation is 1. The number of benzene rings is 1. The van der Waals surface area contributed by atoms with Crippen LogP contribution in [0.4, 0.5) is 0 Å². The normalized spacial score (nSPS) is 10.7. The summed E-state index contributed by atoms with van der Waals surface area (Å²) in [6.07, 6.45) is 6.04. The Morgan fingerprint density at radius 1 is 1.29 bits per heavy atom. The Labute approximate surface area is 110 Å². The summed E-state index contributed by atoms with van der Waals surface area (Å²) in [5.41, 5.74) is 7.98. The predicted molar refractivity (Wildman–Crippen MR) is 72.8 cm³/mol. The molecule has 0 spiro atoms. The number of halogens is 1. The zero-order valence-electron chi connectivity index (χ0n) is 9.64. The van der Waals surface area contributed by atoms with E-state index in [0.29, 0.717) is 0 Å². The van der Waals surface area contributed by atoms with E-state index in [9.17, 15) is 0 Å². The van der Waals surface area contributed by atoms with Gasteiger partial charge in [0.05, 0.1) is 12.7 Å². The van der Waals surface area contributed by atoms with E-state index in [-0.39, 0.29) is 0 Å². The third kappa shape index (κ3) is 3.41. The molecule has 2 N–H and O–H groups in total.